The van der Waals surface area contributed by atoms with Crippen LogP contribution in [0.3, 0.4) is 0 Å². The Kier molecular flexibility index (Phi) is 5.14. The van der Waals surface area contributed by atoms with E-state index in [9.17, 15) is 5.26 Å². The molecule has 0 radical (unpaired) electrons. The quantitative estimate of drug-likeness (QED) is 0.655. The van der Waals surface area contributed by atoms with Crippen molar-refractivity contribution in [3.8, 4) is 17.2 Å². The number of hydrogen-bond donors (Lipinski definition) is 1. The molecule has 3 aromatic rings. The van der Waals surface area contributed by atoms with Crippen molar-refractivity contribution in [3.05, 3.63) is 41.2 Å². The Hall–Kier alpha value is -3.11. The molecule has 0 spiro atoms. The van der Waals surface area contributed by atoms with Gasteiger partial charge in [-0.25, -0.2) is 4.98 Å². The van der Waals surface area contributed by atoms with E-state index >= 15 is 0 Å². The number of nitrogens with two attached hydrogens (primary N) is 1. The van der Waals surface area contributed by atoms with Gasteiger partial charge in [0.1, 0.15) is 17.5 Å². The van der Waals surface area contributed by atoms with Gasteiger partial charge in [-0.2, -0.15) is 9.78 Å². The number of pyridine rings is 1. The highest BCUT2D eigenvalue weighted by Gasteiger charge is 2.32. The van der Waals surface area contributed by atoms with E-state index in [1.54, 1.807) is 0 Å². The SMILES string of the molecule is Cc1c(-c2ccc(N)cc2)c(N2CC[C@H](N(C)C)C2)n2nc(C(C)(C)C)nc2c1C#N. The zero-order valence-electron chi connectivity index (χ0n) is 19.3. The van der Waals surface area contributed by atoms with E-state index in [1.807, 2.05) is 35.7 Å². The molecule has 7 nitrogen and oxygen atoms in total. The van der Waals surface area contributed by atoms with Crippen molar-refractivity contribution in [1.82, 2.24) is 19.5 Å². The summed E-state index contributed by atoms with van der Waals surface area (Å²) in [5.41, 5.74) is 10.6. The van der Waals surface area contributed by atoms with Gasteiger partial charge in [0.25, 0.3) is 0 Å². The first-order valence-electron chi connectivity index (χ1n) is 10.7. The summed E-state index contributed by atoms with van der Waals surface area (Å²) in [7, 11) is 4.25. The lowest BCUT2D eigenvalue weighted by molar-refractivity contribution is 0.315. The summed E-state index contributed by atoms with van der Waals surface area (Å²) in [6.45, 7) is 10.1. The van der Waals surface area contributed by atoms with Crippen molar-refractivity contribution in [2.75, 3.05) is 37.8 Å². The minimum Gasteiger partial charge on any atom is -0.399 e. The molecule has 7 heteroatoms. The average molecular weight is 418 g/mol. The lowest BCUT2D eigenvalue weighted by atomic mass is 9.96. The Morgan fingerprint density at radius 1 is 1.19 bits per heavy atom. The van der Waals surface area contributed by atoms with Gasteiger partial charge in [0.05, 0.1) is 0 Å². The summed E-state index contributed by atoms with van der Waals surface area (Å²) in [6, 6.07) is 10.7. The van der Waals surface area contributed by atoms with E-state index in [0.29, 0.717) is 22.9 Å². The van der Waals surface area contributed by atoms with Gasteiger partial charge >= 0.3 is 0 Å². The van der Waals surface area contributed by atoms with Crippen molar-refractivity contribution < 1.29 is 0 Å². The molecule has 2 aromatic heterocycles. The lowest BCUT2D eigenvalue weighted by Crippen LogP contribution is -2.32. The van der Waals surface area contributed by atoms with Crippen molar-refractivity contribution in [2.45, 2.75) is 45.6 Å². The third-order valence-corrected chi connectivity index (χ3v) is 6.18. The fourth-order valence-corrected chi connectivity index (χ4v) is 4.28. The number of likely N-dealkylation sites (N-methyl/N-ethyl adjacent to an activating group) is 1. The average Bonchev–Trinajstić information content (AvgIpc) is 3.35. The molecule has 0 saturated carbocycles. The maximum atomic E-state index is 10.0. The van der Waals surface area contributed by atoms with Crippen molar-refractivity contribution >= 4 is 17.2 Å². The maximum Gasteiger partial charge on any atom is 0.176 e. The first-order chi connectivity index (χ1) is 14.6. The van der Waals surface area contributed by atoms with E-state index in [1.165, 1.54) is 0 Å². The molecular weight excluding hydrogens is 386 g/mol. The Morgan fingerprint density at radius 2 is 1.87 bits per heavy atom. The van der Waals surface area contributed by atoms with Crippen LogP contribution in [0.25, 0.3) is 16.8 Å². The first-order valence-corrected chi connectivity index (χ1v) is 10.7. The summed E-state index contributed by atoms with van der Waals surface area (Å²) >= 11 is 0. The molecule has 1 aromatic carbocycles. The van der Waals surface area contributed by atoms with Crippen LogP contribution in [-0.4, -0.2) is 52.7 Å². The zero-order valence-corrected chi connectivity index (χ0v) is 19.3. The Morgan fingerprint density at radius 3 is 2.42 bits per heavy atom. The summed E-state index contributed by atoms with van der Waals surface area (Å²) in [4.78, 5) is 9.49. The summed E-state index contributed by atoms with van der Waals surface area (Å²) in [5.74, 6) is 1.74. The van der Waals surface area contributed by atoms with E-state index in [-0.39, 0.29) is 5.41 Å². The number of hydrogen-bond acceptors (Lipinski definition) is 6. The number of nitrogen functional groups attached to an aromatic ring is 1. The smallest absolute Gasteiger partial charge is 0.176 e. The number of fused-ring (bicyclic) bond motifs is 1. The Balaban J connectivity index is 2.05. The molecule has 0 aliphatic carbocycles. The molecule has 2 N–H and O–H groups in total. The molecule has 1 fully saturated rings. The highest BCUT2D eigenvalue weighted by molar-refractivity contribution is 5.85. The molecule has 0 bridgehead atoms. The summed E-state index contributed by atoms with van der Waals surface area (Å²) in [6.07, 6.45) is 1.08. The standard InChI is InChI=1S/C24H31N7/c1-15-19(13-25)21-27-23(24(2,3)4)28-31(21)22(30-12-11-18(14-30)29(5)6)20(15)16-7-9-17(26)10-8-16/h7-10,18H,11-12,14,26H2,1-6H3/t18-/m0/s1. The molecule has 1 saturated heterocycles. The molecule has 1 aliphatic rings. The van der Waals surface area contributed by atoms with Crippen LogP contribution >= 0.6 is 0 Å². The van der Waals surface area contributed by atoms with Crippen LogP contribution in [0.1, 0.15) is 44.1 Å². The minimum atomic E-state index is -0.220. The largest absolute Gasteiger partial charge is 0.399 e. The second kappa shape index (κ2) is 7.54. The molecule has 162 valence electrons. The van der Waals surface area contributed by atoms with Gasteiger partial charge in [-0.05, 0) is 50.7 Å². The van der Waals surface area contributed by atoms with Crippen molar-refractivity contribution in [3.63, 3.8) is 0 Å². The molecule has 4 rings (SSSR count). The van der Waals surface area contributed by atoms with Crippen molar-refractivity contribution in [1.29, 1.82) is 5.26 Å². The van der Waals surface area contributed by atoms with Crippen LogP contribution in [-0.2, 0) is 5.41 Å². The van der Waals surface area contributed by atoms with Crippen molar-refractivity contribution in [2.24, 2.45) is 0 Å². The van der Waals surface area contributed by atoms with E-state index in [4.69, 9.17) is 15.8 Å². The molecule has 1 atom stereocenters. The summed E-state index contributed by atoms with van der Waals surface area (Å²) < 4.78 is 1.90. The van der Waals surface area contributed by atoms with Gasteiger partial charge in [0.15, 0.2) is 11.5 Å². The van der Waals surface area contributed by atoms with Gasteiger partial charge in [-0.1, -0.05) is 32.9 Å². The Bertz CT molecular complexity index is 1160. The molecule has 0 amide bonds. The first kappa shape index (κ1) is 21.1. The molecule has 3 heterocycles. The predicted molar refractivity (Wildman–Crippen MR) is 125 cm³/mol. The van der Waals surface area contributed by atoms with Crippen LogP contribution in [0.4, 0.5) is 11.5 Å². The minimum absolute atomic E-state index is 0.220. The number of nitrogens with zero attached hydrogens (tertiary/aromatic N) is 6. The normalized spacial score (nSPS) is 17.0. The van der Waals surface area contributed by atoms with E-state index < -0.39 is 0 Å². The van der Waals surface area contributed by atoms with Crippen LogP contribution < -0.4 is 10.6 Å². The second-order valence-corrected chi connectivity index (χ2v) is 9.71. The number of rotatable bonds is 3. The number of anilines is 2. The van der Waals surface area contributed by atoms with Crippen LogP contribution in [0.5, 0.6) is 0 Å². The van der Waals surface area contributed by atoms with E-state index in [2.05, 4.69) is 50.7 Å². The second-order valence-electron chi connectivity index (χ2n) is 9.71. The molecule has 0 unspecified atom stereocenters. The Labute approximate surface area is 184 Å². The zero-order chi connectivity index (χ0) is 22.5. The van der Waals surface area contributed by atoms with Gasteiger partial charge in [-0.15, -0.1) is 5.10 Å². The number of benzene rings is 1. The van der Waals surface area contributed by atoms with Gasteiger partial charge in [0.2, 0.25) is 0 Å². The van der Waals surface area contributed by atoms with Gasteiger partial charge in [0, 0.05) is 35.8 Å². The third kappa shape index (κ3) is 3.61. The highest BCUT2D eigenvalue weighted by Crippen LogP contribution is 2.39. The van der Waals surface area contributed by atoms with Crippen LogP contribution in [0.2, 0.25) is 0 Å². The van der Waals surface area contributed by atoms with E-state index in [0.717, 1.165) is 47.8 Å². The number of aromatic nitrogens is 3. The maximum absolute atomic E-state index is 10.0. The molecule has 1 aliphatic heterocycles. The topological polar surface area (TPSA) is 86.5 Å². The lowest BCUT2D eigenvalue weighted by Gasteiger charge is -2.26. The van der Waals surface area contributed by atoms with Gasteiger partial charge < -0.3 is 15.5 Å². The van der Waals surface area contributed by atoms with Gasteiger partial charge in [-0.3, -0.25) is 0 Å². The predicted octanol–water partition coefficient (Wildman–Crippen LogP) is 3.60. The monoisotopic (exact) mass is 417 g/mol. The molecule has 31 heavy (non-hydrogen) atoms. The fraction of sp³-hybridized carbons (Fsp3) is 0.458. The highest BCUT2D eigenvalue weighted by atomic mass is 15.4. The summed E-state index contributed by atoms with van der Waals surface area (Å²) in [5, 5.41) is 15.0. The number of nitriles is 1. The fourth-order valence-electron chi connectivity index (χ4n) is 4.28. The third-order valence-electron chi connectivity index (χ3n) is 6.18. The van der Waals surface area contributed by atoms with Crippen LogP contribution in [0, 0.1) is 18.3 Å². The van der Waals surface area contributed by atoms with Crippen LogP contribution in [0.15, 0.2) is 24.3 Å². The molecular formula is C24H31N7.